The number of imidazole rings is 1. The molecule has 4 nitrogen and oxygen atoms in total. The van der Waals surface area contributed by atoms with E-state index in [-0.39, 0.29) is 0 Å². The van der Waals surface area contributed by atoms with E-state index in [0.29, 0.717) is 5.56 Å². The smallest absolute Gasteiger partial charge is 0.110 e. The summed E-state index contributed by atoms with van der Waals surface area (Å²) in [7, 11) is 0. The van der Waals surface area contributed by atoms with Crippen molar-refractivity contribution >= 4 is 11.3 Å². The van der Waals surface area contributed by atoms with Gasteiger partial charge in [-0.25, -0.2) is 9.97 Å². The molecule has 0 fully saturated rings. The molecule has 0 atom stereocenters. The molecule has 2 heterocycles. The Bertz CT molecular complexity index is 1040. The van der Waals surface area contributed by atoms with Crippen molar-refractivity contribution in [1.29, 1.82) is 5.26 Å². The van der Waals surface area contributed by atoms with Crippen LogP contribution in [0.3, 0.4) is 0 Å². The maximum absolute atomic E-state index is 8.86. The predicted molar refractivity (Wildman–Crippen MR) is 103 cm³/mol. The molecule has 4 rings (SSSR count). The van der Waals surface area contributed by atoms with Crippen LogP contribution in [0.1, 0.15) is 27.7 Å². The van der Waals surface area contributed by atoms with Crippen LogP contribution >= 0.6 is 11.3 Å². The van der Waals surface area contributed by atoms with Crippen molar-refractivity contribution in [3.05, 3.63) is 93.8 Å². The van der Waals surface area contributed by atoms with Gasteiger partial charge in [0.2, 0.25) is 0 Å². The summed E-state index contributed by atoms with van der Waals surface area (Å²) >= 11 is 1.67. The van der Waals surface area contributed by atoms with Gasteiger partial charge in [-0.1, -0.05) is 42.5 Å². The third-order valence-electron chi connectivity index (χ3n) is 4.10. The Kier molecular flexibility index (Phi) is 4.59. The van der Waals surface area contributed by atoms with Gasteiger partial charge in [0.1, 0.15) is 5.82 Å². The molecular formula is C21H16N4S. The monoisotopic (exact) mass is 356 g/mol. The quantitative estimate of drug-likeness (QED) is 0.569. The molecule has 0 bridgehead atoms. The Morgan fingerprint density at radius 1 is 1.00 bits per heavy atom. The van der Waals surface area contributed by atoms with Crippen LogP contribution < -0.4 is 0 Å². The lowest BCUT2D eigenvalue weighted by Gasteiger charge is -1.98. The molecule has 26 heavy (non-hydrogen) atoms. The van der Waals surface area contributed by atoms with Gasteiger partial charge in [-0.05, 0) is 17.7 Å². The molecule has 0 spiro atoms. The molecular weight excluding hydrogens is 340 g/mol. The fourth-order valence-electron chi connectivity index (χ4n) is 2.77. The van der Waals surface area contributed by atoms with E-state index in [2.05, 4.69) is 33.5 Å². The summed E-state index contributed by atoms with van der Waals surface area (Å²) in [5.41, 5.74) is 5.02. The Balaban J connectivity index is 1.43. The molecule has 126 valence electrons. The Morgan fingerprint density at radius 3 is 2.58 bits per heavy atom. The third kappa shape index (κ3) is 3.71. The highest BCUT2D eigenvalue weighted by atomic mass is 32.1. The summed E-state index contributed by atoms with van der Waals surface area (Å²) in [4.78, 5) is 12.6. The molecule has 0 aliphatic carbocycles. The lowest BCUT2D eigenvalue weighted by Crippen LogP contribution is -1.92. The van der Waals surface area contributed by atoms with Gasteiger partial charge in [-0.3, -0.25) is 0 Å². The van der Waals surface area contributed by atoms with Gasteiger partial charge in [0, 0.05) is 35.7 Å². The highest BCUT2D eigenvalue weighted by Gasteiger charge is 2.08. The number of aromatic amines is 1. The number of nitriles is 1. The number of hydrogen-bond donors (Lipinski definition) is 1. The first kappa shape index (κ1) is 16.2. The standard InChI is InChI=1S/C21H16N4S/c22-12-16-8-6-15(7-9-16)10-20-23-13-18(24-20)11-21-25-19(14-26-21)17-4-2-1-3-5-17/h1-9,13-14H,10-11H2,(H,23,24). The molecule has 5 heteroatoms. The van der Waals surface area contributed by atoms with Crippen LogP contribution in [0, 0.1) is 11.3 Å². The first-order chi connectivity index (χ1) is 12.8. The second-order valence-corrected chi connectivity index (χ2v) is 6.95. The molecule has 4 aromatic rings. The number of H-pyrrole nitrogens is 1. The second-order valence-electron chi connectivity index (χ2n) is 6.01. The van der Waals surface area contributed by atoms with Crippen molar-refractivity contribution < 1.29 is 0 Å². The van der Waals surface area contributed by atoms with Gasteiger partial charge >= 0.3 is 0 Å². The van der Waals surface area contributed by atoms with Gasteiger partial charge < -0.3 is 4.98 Å². The Hall–Kier alpha value is -3.23. The van der Waals surface area contributed by atoms with Crippen LogP contribution in [-0.4, -0.2) is 15.0 Å². The van der Waals surface area contributed by atoms with Crippen molar-refractivity contribution in [2.75, 3.05) is 0 Å². The summed E-state index contributed by atoms with van der Waals surface area (Å²) in [6, 6.07) is 19.9. The number of nitrogens with one attached hydrogen (secondary N) is 1. The lowest BCUT2D eigenvalue weighted by atomic mass is 10.1. The van der Waals surface area contributed by atoms with E-state index in [9.17, 15) is 0 Å². The van der Waals surface area contributed by atoms with Crippen LogP contribution in [0.25, 0.3) is 11.3 Å². The fraction of sp³-hybridized carbons (Fsp3) is 0.0952. The SMILES string of the molecule is N#Cc1ccc(Cc2ncc(Cc3nc(-c4ccccc4)cs3)[nH]2)cc1. The highest BCUT2D eigenvalue weighted by molar-refractivity contribution is 7.10. The van der Waals surface area contributed by atoms with E-state index >= 15 is 0 Å². The normalized spacial score (nSPS) is 10.6. The van der Waals surface area contributed by atoms with Gasteiger partial charge in [0.25, 0.3) is 0 Å². The molecule has 0 saturated carbocycles. The van der Waals surface area contributed by atoms with Crippen molar-refractivity contribution in [2.24, 2.45) is 0 Å². The largest absolute Gasteiger partial charge is 0.345 e. The van der Waals surface area contributed by atoms with Crippen LogP contribution in [-0.2, 0) is 12.8 Å². The zero-order chi connectivity index (χ0) is 17.8. The van der Waals surface area contributed by atoms with Crippen molar-refractivity contribution in [3.63, 3.8) is 0 Å². The summed E-state index contributed by atoms with van der Waals surface area (Å²) in [5, 5.41) is 12.0. The number of hydrogen-bond acceptors (Lipinski definition) is 4. The van der Waals surface area contributed by atoms with Gasteiger partial charge in [0.15, 0.2) is 0 Å². The molecule has 0 saturated heterocycles. The van der Waals surface area contributed by atoms with Crippen molar-refractivity contribution in [3.8, 4) is 17.3 Å². The highest BCUT2D eigenvalue weighted by Crippen LogP contribution is 2.23. The van der Waals surface area contributed by atoms with E-state index < -0.39 is 0 Å². The van der Waals surface area contributed by atoms with Crippen molar-refractivity contribution in [1.82, 2.24) is 15.0 Å². The van der Waals surface area contributed by atoms with E-state index in [4.69, 9.17) is 10.2 Å². The zero-order valence-corrected chi connectivity index (χ0v) is 14.8. The minimum Gasteiger partial charge on any atom is -0.345 e. The van der Waals surface area contributed by atoms with E-state index in [0.717, 1.165) is 46.2 Å². The summed E-state index contributed by atoms with van der Waals surface area (Å²) in [6.45, 7) is 0. The molecule has 0 amide bonds. The molecule has 0 aliphatic rings. The summed E-state index contributed by atoms with van der Waals surface area (Å²) in [6.07, 6.45) is 3.35. The number of nitrogens with zero attached hydrogens (tertiary/aromatic N) is 3. The van der Waals surface area contributed by atoms with E-state index in [1.54, 1.807) is 11.3 Å². The van der Waals surface area contributed by atoms with Crippen LogP contribution in [0.15, 0.2) is 66.2 Å². The van der Waals surface area contributed by atoms with Gasteiger partial charge in [-0.15, -0.1) is 11.3 Å². The molecule has 0 radical (unpaired) electrons. The van der Waals surface area contributed by atoms with E-state index in [1.807, 2.05) is 48.7 Å². The van der Waals surface area contributed by atoms with E-state index in [1.165, 1.54) is 0 Å². The molecule has 2 aromatic carbocycles. The third-order valence-corrected chi connectivity index (χ3v) is 4.95. The van der Waals surface area contributed by atoms with Crippen LogP contribution in [0.2, 0.25) is 0 Å². The van der Waals surface area contributed by atoms with Crippen molar-refractivity contribution in [2.45, 2.75) is 12.8 Å². The average Bonchev–Trinajstić information content (AvgIpc) is 3.33. The fourth-order valence-corrected chi connectivity index (χ4v) is 3.60. The maximum Gasteiger partial charge on any atom is 0.110 e. The summed E-state index contributed by atoms with van der Waals surface area (Å²) < 4.78 is 0. The molecule has 0 unspecified atom stereocenters. The number of rotatable bonds is 5. The first-order valence-electron chi connectivity index (χ1n) is 8.32. The Labute approximate surface area is 155 Å². The minimum absolute atomic E-state index is 0.673. The molecule has 2 aromatic heterocycles. The molecule has 1 N–H and O–H groups in total. The number of benzene rings is 2. The average molecular weight is 356 g/mol. The second kappa shape index (κ2) is 7.34. The van der Waals surface area contributed by atoms with Gasteiger partial charge in [0.05, 0.1) is 22.3 Å². The number of aromatic nitrogens is 3. The summed E-state index contributed by atoms with van der Waals surface area (Å²) in [5.74, 6) is 0.921. The maximum atomic E-state index is 8.86. The number of thiazole rings is 1. The van der Waals surface area contributed by atoms with Gasteiger partial charge in [-0.2, -0.15) is 5.26 Å². The zero-order valence-electron chi connectivity index (χ0n) is 14.0. The predicted octanol–water partition coefficient (Wildman–Crippen LogP) is 4.59. The van der Waals surface area contributed by atoms with Crippen LogP contribution in [0.5, 0.6) is 0 Å². The first-order valence-corrected chi connectivity index (χ1v) is 9.20. The van der Waals surface area contributed by atoms with Crippen LogP contribution in [0.4, 0.5) is 0 Å². The topological polar surface area (TPSA) is 65.4 Å². The lowest BCUT2D eigenvalue weighted by molar-refractivity contribution is 0.995. The Morgan fingerprint density at radius 2 is 1.81 bits per heavy atom. The molecule has 0 aliphatic heterocycles. The minimum atomic E-state index is 0.673.